The molecule has 126 valence electrons. The first-order chi connectivity index (χ1) is 11.0. The molecule has 0 radical (unpaired) electrons. The van der Waals surface area contributed by atoms with Gasteiger partial charge >= 0.3 is 6.03 Å². The van der Waals surface area contributed by atoms with Gasteiger partial charge in [-0.2, -0.15) is 0 Å². The van der Waals surface area contributed by atoms with Gasteiger partial charge < -0.3 is 20.4 Å². The molecular formula is C18H26N2O3. The molecule has 0 bridgehead atoms. The molecule has 1 aromatic carbocycles. The molecule has 3 rings (SSSR count). The Bertz CT molecular complexity index is 575. The maximum atomic E-state index is 12.4. The average Bonchev–Trinajstić information content (AvgIpc) is 3.07. The van der Waals surface area contributed by atoms with Crippen molar-refractivity contribution in [1.29, 1.82) is 0 Å². The molecule has 0 aromatic heterocycles. The van der Waals surface area contributed by atoms with Crippen molar-refractivity contribution in [3.63, 3.8) is 0 Å². The van der Waals surface area contributed by atoms with Crippen molar-refractivity contribution in [3.8, 4) is 0 Å². The number of benzene rings is 1. The number of aliphatic hydroxyl groups is 2. The van der Waals surface area contributed by atoms with Crippen LogP contribution in [0.5, 0.6) is 0 Å². The van der Waals surface area contributed by atoms with Gasteiger partial charge in [-0.1, -0.05) is 24.3 Å². The molecule has 3 N–H and O–H groups in total. The number of fused-ring (bicyclic) bond motifs is 3. The minimum absolute atomic E-state index is 0.109. The number of nitrogens with one attached hydrogen (secondary N) is 1. The molecule has 23 heavy (non-hydrogen) atoms. The minimum atomic E-state index is -0.609. The standard InChI is InChI=1S/C18H26N2O3/c1-11(10-21)20(9-12(2)22)18(23)19-8-16-15-7-13-5-3-4-6-14(13)17(15)16/h3-6,11-12,15-17,21-22H,7-10H2,1-2H3,(H,19,23)/t11-,12+,15+,16-,17+/m1/s1. The molecule has 2 amide bonds. The zero-order valence-corrected chi connectivity index (χ0v) is 13.8. The maximum absolute atomic E-state index is 12.4. The van der Waals surface area contributed by atoms with Crippen LogP contribution in [0.1, 0.15) is 30.9 Å². The van der Waals surface area contributed by atoms with Crippen LogP contribution in [0, 0.1) is 11.8 Å². The van der Waals surface area contributed by atoms with Gasteiger partial charge in [-0.05, 0) is 49.1 Å². The summed E-state index contributed by atoms with van der Waals surface area (Å²) in [4.78, 5) is 13.9. The van der Waals surface area contributed by atoms with Crippen LogP contribution in [0.4, 0.5) is 4.79 Å². The summed E-state index contributed by atoms with van der Waals surface area (Å²) >= 11 is 0. The second-order valence-electron chi connectivity index (χ2n) is 6.98. The van der Waals surface area contributed by atoms with E-state index in [4.69, 9.17) is 0 Å². The summed E-state index contributed by atoms with van der Waals surface area (Å²) in [5, 5.41) is 21.8. The van der Waals surface area contributed by atoms with E-state index < -0.39 is 6.10 Å². The molecule has 0 saturated heterocycles. The molecular weight excluding hydrogens is 292 g/mol. The topological polar surface area (TPSA) is 72.8 Å². The third-order valence-corrected chi connectivity index (χ3v) is 5.21. The summed E-state index contributed by atoms with van der Waals surface area (Å²) in [6.45, 7) is 4.21. The number of carbonyl (C=O) groups excluding carboxylic acids is 1. The average molecular weight is 318 g/mol. The summed E-state index contributed by atoms with van der Waals surface area (Å²) in [6.07, 6.45) is 0.508. The van der Waals surface area contributed by atoms with E-state index in [-0.39, 0.29) is 25.2 Å². The monoisotopic (exact) mass is 318 g/mol. The van der Waals surface area contributed by atoms with E-state index in [1.54, 1.807) is 13.8 Å². The van der Waals surface area contributed by atoms with Crippen molar-refractivity contribution >= 4 is 6.03 Å². The fourth-order valence-corrected chi connectivity index (χ4v) is 3.92. The van der Waals surface area contributed by atoms with Gasteiger partial charge in [-0.25, -0.2) is 4.79 Å². The largest absolute Gasteiger partial charge is 0.394 e. The Kier molecular flexibility index (Phi) is 4.60. The molecule has 2 aliphatic carbocycles. The van der Waals surface area contributed by atoms with Crippen molar-refractivity contribution in [2.45, 2.75) is 38.3 Å². The summed E-state index contributed by atoms with van der Waals surface area (Å²) in [7, 11) is 0. The lowest BCUT2D eigenvalue weighted by atomic mass is 10.0. The second kappa shape index (κ2) is 6.49. The molecule has 1 aromatic rings. The number of aliphatic hydroxyl groups excluding tert-OH is 2. The van der Waals surface area contributed by atoms with Gasteiger partial charge in [0.1, 0.15) is 0 Å². The van der Waals surface area contributed by atoms with E-state index in [0.717, 1.165) is 6.42 Å². The van der Waals surface area contributed by atoms with Gasteiger partial charge in [0, 0.05) is 13.1 Å². The highest BCUT2D eigenvalue weighted by Crippen LogP contribution is 2.60. The smallest absolute Gasteiger partial charge is 0.317 e. The van der Waals surface area contributed by atoms with Crippen LogP contribution >= 0.6 is 0 Å². The molecule has 5 heteroatoms. The van der Waals surface area contributed by atoms with E-state index in [9.17, 15) is 15.0 Å². The lowest BCUT2D eigenvalue weighted by molar-refractivity contribution is 0.0936. The third kappa shape index (κ3) is 3.21. The van der Waals surface area contributed by atoms with E-state index >= 15 is 0 Å². The van der Waals surface area contributed by atoms with E-state index in [1.165, 1.54) is 16.0 Å². The fraction of sp³-hybridized carbons (Fsp3) is 0.611. The quantitative estimate of drug-likeness (QED) is 0.741. The van der Waals surface area contributed by atoms with Crippen molar-refractivity contribution in [1.82, 2.24) is 10.2 Å². The van der Waals surface area contributed by atoms with Crippen LogP contribution in [-0.4, -0.2) is 53.0 Å². The Balaban J connectivity index is 1.54. The molecule has 0 heterocycles. The third-order valence-electron chi connectivity index (χ3n) is 5.21. The van der Waals surface area contributed by atoms with Crippen molar-refractivity contribution < 1.29 is 15.0 Å². The summed E-state index contributed by atoms with van der Waals surface area (Å²) < 4.78 is 0. The zero-order valence-electron chi connectivity index (χ0n) is 13.8. The number of amides is 2. The van der Waals surface area contributed by atoms with E-state index in [0.29, 0.717) is 24.3 Å². The maximum Gasteiger partial charge on any atom is 0.317 e. The number of nitrogens with zero attached hydrogens (tertiary/aromatic N) is 1. The van der Waals surface area contributed by atoms with Crippen molar-refractivity contribution in [3.05, 3.63) is 35.4 Å². The molecule has 5 atom stereocenters. The highest BCUT2D eigenvalue weighted by molar-refractivity contribution is 5.74. The number of urea groups is 1. The summed E-state index contributed by atoms with van der Waals surface area (Å²) in [5.74, 6) is 1.77. The molecule has 1 saturated carbocycles. The van der Waals surface area contributed by atoms with E-state index in [2.05, 4.69) is 29.6 Å². The molecule has 5 nitrogen and oxygen atoms in total. The van der Waals surface area contributed by atoms with Crippen LogP contribution < -0.4 is 5.32 Å². The lowest BCUT2D eigenvalue weighted by Gasteiger charge is -2.29. The second-order valence-corrected chi connectivity index (χ2v) is 6.98. The van der Waals surface area contributed by atoms with Gasteiger partial charge in [0.15, 0.2) is 0 Å². The minimum Gasteiger partial charge on any atom is -0.394 e. The first kappa shape index (κ1) is 16.3. The Morgan fingerprint density at radius 2 is 2.13 bits per heavy atom. The summed E-state index contributed by atoms with van der Waals surface area (Å²) in [6, 6.07) is 8.07. The fourth-order valence-electron chi connectivity index (χ4n) is 3.92. The van der Waals surface area contributed by atoms with Crippen LogP contribution in [0.25, 0.3) is 0 Å². The number of hydrogen-bond acceptors (Lipinski definition) is 3. The van der Waals surface area contributed by atoms with Gasteiger partial charge in [-0.15, -0.1) is 0 Å². The van der Waals surface area contributed by atoms with Crippen molar-refractivity contribution in [2.75, 3.05) is 19.7 Å². The molecule has 0 unspecified atom stereocenters. The Labute approximate surface area is 137 Å². The zero-order chi connectivity index (χ0) is 16.6. The van der Waals surface area contributed by atoms with Gasteiger partial charge in [0.2, 0.25) is 0 Å². The lowest BCUT2D eigenvalue weighted by Crippen LogP contribution is -2.49. The summed E-state index contributed by atoms with van der Waals surface area (Å²) in [5.41, 5.74) is 2.90. The number of rotatable bonds is 6. The normalized spacial score (nSPS) is 26.9. The molecule has 1 fully saturated rings. The number of hydrogen-bond donors (Lipinski definition) is 3. The highest BCUT2D eigenvalue weighted by atomic mass is 16.3. The predicted octanol–water partition coefficient (Wildman–Crippen LogP) is 1.35. The first-order valence-corrected chi connectivity index (χ1v) is 8.44. The Morgan fingerprint density at radius 1 is 1.39 bits per heavy atom. The Hall–Kier alpha value is -1.59. The van der Waals surface area contributed by atoms with Crippen LogP contribution in [-0.2, 0) is 6.42 Å². The van der Waals surface area contributed by atoms with Crippen LogP contribution in [0.15, 0.2) is 24.3 Å². The molecule has 0 aliphatic heterocycles. The van der Waals surface area contributed by atoms with Crippen LogP contribution in [0.3, 0.4) is 0 Å². The SMILES string of the molecule is C[C@H](O)CN(C(=O)NC[C@@H]1[C@@H]2Cc3ccccc3[C@H]12)[C@H](C)CO. The predicted molar refractivity (Wildman–Crippen MR) is 88.2 cm³/mol. The highest BCUT2D eigenvalue weighted by Gasteiger charge is 2.55. The first-order valence-electron chi connectivity index (χ1n) is 8.44. The molecule has 2 aliphatic rings. The van der Waals surface area contributed by atoms with Crippen LogP contribution in [0.2, 0.25) is 0 Å². The Morgan fingerprint density at radius 3 is 2.83 bits per heavy atom. The van der Waals surface area contributed by atoms with Gasteiger partial charge in [0.05, 0.1) is 18.8 Å². The van der Waals surface area contributed by atoms with E-state index in [1.807, 2.05) is 0 Å². The van der Waals surface area contributed by atoms with Crippen molar-refractivity contribution in [2.24, 2.45) is 11.8 Å². The van der Waals surface area contributed by atoms with Gasteiger partial charge in [0.25, 0.3) is 0 Å². The molecule has 0 spiro atoms. The number of carbonyl (C=O) groups is 1. The van der Waals surface area contributed by atoms with Gasteiger partial charge in [-0.3, -0.25) is 0 Å².